The molecule has 3 saturated heterocycles. The van der Waals surface area contributed by atoms with E-state index < -0.39 is 29.9 Å². The standard InChI is InChI=1S/C48H51FN8O7/c1-27-34(23-52-43-41(27)50-13-16-63-43)33-17-29-19-38(51-22-30(29)18-35(33)49)53-46(62)64-31-20-47(21-31)11-14-55(15-12-47)24-28-7-9-48(10-8-28)25-56(26-48)36-4-2-3-32-40(36)45(61)57(44(32)60)37-5-6-39(58)54-42(37)59/h2-4,17-19,22-23,28,31,37,50H,5-16,20-21,24-26H2,1H3,(H,51,53,62)(H,54,58,59). The fourth-order valence-electron chi connectivity index (χ4n) is 11.7. The number of benzene rings is 2. The first kappa shape index (κ1) is 40.6. The summed E-state index contributed by atoms with van der Waals surface area (Å²) >= 11 is 0. The highest BCUT2D eigenvalue weighted by molar-refractivity contribution is 6.25. The Morgan fingerprint density at radius 3 is 2.50 bits per heavy atom. The molecule has 11 rings (SSSR count). The van der Waals surface area contributed by atoms with Gasteiger partial charge in [-0.1, -0.05) is 6.07 Å². The van der Waals surface area contributed by atoms with Crippen LogP contribution in [0.1, 0.15) is 90.5 Å². The molecule has 0 bridgehead atoms. The fourth-order valence-corrected chi connectivity index (χ4v) is 11.7. The number of hydrogen-bond acceptors (Lipinski definition) is 12. The molecule has 2 spiro atoms. The van der Waals surface area contributed by atoms with Crippen LogP contribution in [0.25, 0.3) is 21.9 Å². The third-order valence-electron chi connectivity index (χ3n) is 15.3. The first-order valence-corrected chi connectivity index (χ1v) is 22.7. The number of anilines is 3. The molecule has 16 heteroatoms. The molecule has 2 aromatic carbocycles. The number of nitrogens with zero attached hydrogens (tertiary/aromatic N) is 5. The molecule has 332 valence electrons. The van der Waals surface area contributed by atoms with Crippen molar-refractivity contribution in [1.82, 2.24) is 25.1 Å². The number of likely N-dealkylation sites (tertiary alicyclic amines) is 1. The number of imide groups is 2. The van der Waals surface area contributed by atoms with Gasteiger partial charge >= 0.3 is 6.09 Å². The molecule has 3 N–H and O–H groups in total. The lowest BCUT2D eigenvalue weighted by Gasteiger charge is -2.55. The number of carbonyl (C=O) groups is 5. The molecule has 0 radical (unpaired) electrons. The number of pyridine rings is 2. The van der Waals surface area contributed by atoms with Crippen LogP contribution in [0.2, 0.25) is 0 Å². The van der Waals surface area contributed by atoms with Crippen molar-refractivity contribution in [3.63, 3.8) is 0 Å². The van der Waals surface area contributed by atoms with Gasteiger partial charge in [0.05, 0.1) is 16.8 Å². The van der Waals surface area contributed by atoms with Crippen molar-refractivity contribution >= 4 is 57.7 Å². The fraction of sp³-hybridized carbons (Fsp3) is 0.479. The first-order chi connectivity index (χ1) is 30.9. The zero-order valence-corrected chi connectivity index (χ0v) is 35.8. The second-order valence-electron chi connectivity index (χ2n) is 19.3. The molecule has 1 atom stereocenters. The van der Waals surface area contributed by atoms with Gasteiger partial charge in [0, 0.05) is 66.9 Å². The smallest absolute Gasteiger partial charge is 0.413 e. The Bertz CT molecular complexity index is 2620. The summed E-state index contributed by atoms with van der Waals surface area (Å²) in [6.07, 6.45) is 11.2. The molecule has 1 unspecified atom stereocenters. The largest absolute Gasteiger partial charge is 0.474 e. The Labute approximate surface area is 369 Å². The van der Waals surface area contributed by atoms with Gasteiger partial charge in [0.25, 0.3) is 11.8 Å². The third kappa shape index (κ3) is 7.10. The third-order valence-corrected chi connectivity index (χ3v) is 15.3. The van der Waals surface area contributed by atoms with Crippen LogP contribution in [0.5, 0.6) is 5.88 Å². The second kappa shape index (κ2) is 15.5. The lowest BCUT2D eigenvalue weighted by molar-refractivity contribution is -0.136. The highest BCUT2D eigenvalue weighted by Crippen LogP contribution is 2.52. The van der Waals surface area contributed by atoms with Gasteiger partial charge in [-0.2, -0.15) is 0 Å². The lowest BCUT2D eigenvalue weighted by atomic mass is 9.61. The monoisotopic (exact) mass is 870 g/mol. The van der Waals surface area contributed by atoms with E-state index in [1.165, 1.54) is 6.07 Å². The van der Waals surface area contributed by atoms with Crippen LogP contribution in [0.3, 0.4) is 0 Å². The second-order valence-corrected chi connectivity index (χ2v) is 19.3. The minimum absolute atomic E-state index is 0.0932. The normalized spacial score (nSPS) is 23.8. The predicted molar refractivity (Wildman–Crippen MR) is 235 cm³/mol. The number of ether oxygens (including phenoxy) is 2. The van der Waals surface area contributed by atoms with Gasteiger partial charge in [0.1, 0.15) is 36.1 Å². The van der Waals surface area contributed by atoms with Crippen molar-refractivity contribution in [2.75, 3.05) is 61.4 Å². The predicted octanol–water partition coefficient (Wildman–Crippen LogP) is 6.44. The summed E-state index contributed by atoms with van der Waals surface area (Å²) in [6, 6.07) is 9.33. The number of nitrogens with one attached hydrogen (secondary N) is 3. The van der Waals surface area contributed by atoms with E-state index in [1.807, 2.05) is 19.1 Å². The van der Waals surface area contributed by atoms with E-state index in [2.05, 4.69) is 35.7 Å². The molecule has 5 amide bonds. The molecular weight excluding hydrogens is 820 g/mol. The maximum absolute atomic E-state index is 15.4. The van der Waals surface area contributed by atoms with E-state index in [0.717, 1.165) is 111 Å². The maximum atomic E-state index is 15.4. The van der Waals surface area contributed by atoms with Crippen molar-refractivity contribution in [1.29, 1.82) is 0 Å². The summed E-state index contributed by atoms with van der Waals surface area (Å²) in [7, 11) is 0. The molecule has 2 aromatic heterocycles. The van der Waals surface area contributed by atoms with Gasteiger partial charge < -0.3 is 24.6 Å². The molecular formula is C48H51FN8O7. The number of carbonyl (C=O) groups excluding carboxylic acids is 5. The summed E-state index contributed by atoms with van der Waals surface area (Å²) in [5, 5.41) is 9.71. The van der Waals surface area contributed by atoms with E-state index >= 15 is 4.39 Å². The molecule has 2 saturated carbocycles. The molecule has 15 nitrogen and oxygen atoms in total. The molecule has 4 aromatic rings. The van der Waals surface area contributed by atoms with Gasteiger partial charge in [-0.05, 0) is 130 Å². The lowest BCUT2D eigenvalue weighted by Crippen LogP contribution is -2.58. The van der Waals surface area contributed by atoms with E-state index in [9.17, 15) is 24.0 Å². The number of fused-ring (bicyclic) bond motifs is 3. The van der Waals surface area contributed by atoms with Crippen LogP contribution in [-0.2, 0) is 14.3 Å². The number of aromatic nitrogens is 2. The molecule has 2 aliphatic carbocycles. The average molecular weight is 871 g/mol. The Kier molecular flexibility index (Phi) is 9.85. The Hall–Kier alpha value is -6.16. The summed E-state index contributed by atoms with van der Waals surface area (Å²) in [5.74, 6) is -0.806. The van der Waals surface area contributed by atoms with Crippen LogP contribution in [-0.4, -0.2) is 108 Å². The number of piperidine rings is 2. The quantitative estimate of drug-likeness (QED) is 0.174. The minimum Gasteiger partial charge on any atom is -0.474 e. The van der Waals surface area contributed by atoms with Crippen LogP contribution in [0.4, 0.5) is 26.4 Å². The number of hydrogen-bond donors (Lipinski definition) is 3. The molecule has 5 fully saturated rings. The van der Waals surface area contributed by atoms with Crippen molar-refractivity contribution in [3.8, 4) is 17.0 Å². The van der Waals surface area contributed by atoms with E-state index in [-0.39, 0.29) is 41.5 Å². The van der Waals surface area contributed by atoms with Gasteiger partial charge in [0.2, 0.25) is 17.7 Å². The van der Waals surface area contributed by atoms with Gasteiger partial charge in [0.15, 0.2) is 0 Å². The van der Waals surface area contributed by atoms with Crippen molar-refractivity contribution in [2.45, 2.75) is 83.3 Å². The van der Waals surface area contributed by atoms with Crippen LogP contribution >= 0.6 is 0 Å². The SMILES string of the molecule is Cc1c(-c2cc3cc(NC(=O)OC4CC5(CCN(CC6CCC7(CC6)CN(c6cccc8c6C(=O)N(C6CCC(=O)NC6=O)C8=O)C7)CC5)C4)ncc3cc2F)cnc2c1NCCO2. The van der Waals surface area contributed by atoms with Crippen molar-refractivity contribution in [2.24, 2.45) is 16.7 Å². The first-order valence-electron chi connectivity index (χ1n) is 22.7. The summed E-state index contributed by atoms with van der Waals surface area (Å²) < 4.78 is 26.9. The topological polar surface area (TPSA) is 175 Å². The maximum Gasteiger partial charge on any atom is 0.413 e. The van der Waals surface area contributed by atoms with Crippen LogP contribution in [0, 0.1) is 29.5 Å². The number of amides is 5. The van der Waals surface area contributed by atoms with E-state index in [1.54, 1.807) is 30.6 Å². The highest BCUT2D eigenvalue weighted by Gasteiger charge is 2.51. The minimum atomic E-state index is -0.976. The highest BCUT2D eigenvalue weighted by atomic mass is 19.1. The summed E-state index contributed by atoms with van der Waals surface area (Å²) in [6.45, 7) is 7.97. The van der Waals surface area contributed by atoms with Crippen molar-refractivity contribution in [3.05, 3.63) is 71.3 Å². The van der Waals surface area contributed by atoms with Gasteiger partial charge in [-0.25, -0.2) is 19.2 Å². The molecule has 7 aliphatic rings. The van der Waals surface area contributed by atoms with Crippen molar-refractivity contribution < 1.29 is 37.8 Å². The van der Waals surface area contributed by atoms with Crippen LogP contribution in [0.15, 0.2) is 48.8 Å². The van der Waals surface area contributed by atoms with Gasteiger partial charge in [-0.15, -0.1) is 0 Å². The van der Waals surface area contributed by atoms with Crippen LogP contribution < -0.4 is 25.6 Å². The zero-order chi connectivity index (χ0) is 43.9. The Morgan fingerprint density at radius 2 is 1.72 bits per heavy atom. The van der Waals surface area contributed by atoms with E-state index in [0.29, 0.717) is 58.4 Å². The summed E-state index contributed by atoms with van der Waals surface area (Å²) in [4.78, 5) is 79.0. The van der Waals surface area contributed by atoms with Gasteiger partial charge in [-0.3, -0.25) is 34.7 Å². The Balaban J connectivity index is 0.631. The summed E-state index contributed by atoms with van der Waals surface area (Å²) in [5.41, 5.74) is 4.55. The molecule has 7 heterocycles. The molecule has 5 aliphatic heterocycles. The number of rotatable bonds is 7. The average Bonchev–Trinajstić information content (AvgIpc) is 3.52. The zero-order valence-electron chi connectivity index (χ0n) is 35.8. The van der Waals surface area contributed by atoms with E-state index in [4.69, 9.17) is 9.47 Å². The number of halogens is 1. The Morgan fingerprint density at radius 1 is 0.922 bits per heavy atom. The molecule has 64 heavy (non-hydrogen) atoms.